The van der Waals surface area contributed by atoms with Gasteiger partial charge in [-0.3, -0.25) is 9.59 Å². The van der Waals surface area contributed by atoms with Crippen LogP contribution < -0.4 is 5.32 Å². The zero-order chi connectivity index (χ0) is 17.6. The van der Waals surface area contributed by atoms with E-state index in [1.807, 2.05) is 30.3 Å². The van der Waals surface area contributed by atoms with E-state index in [1.165, 1.54) is 5.56 Å². The van der Waals surface area contributed by atoms with Crippen molar-refractivity contribution in [3.8, 4) is 0 Å². The predicted molar refractivity (Wildman–Crippen MR) is 83.1 cm³/mol. The van der Waals surface area contributed by atoms with Gasteiger partial charge in [-0.2, -0.15) is 13.2 Å². The highest BCUT2D eigenvalue weighted by molar-refractivity contribution is 5.83. The number of amides is 2. The van der Waals surface area contributed by atoms with Crippen LogP contribution in [0, 0.1) is 5.92 Å². The Morgan fingerprint density at radius 1 is 1.12 bits per heavy atom. The Balaban J connectivity index is 1.67. The molecule has 0 saturated carbocycles. The summed E-state index contributed by atoms with van der Waals surface area (Å²) in [5.74, 6) is -2.27. The number of hydrogen-bond donors (Lipinski definition) is 1. The van der Waals surface area contributed by atoms with E-state index in [0.717, 1.165) is 17.7 Å². The van der Waals surface area contributed by atoms with Crippen molar-refractivity contribution in [2.75, 3.05) is 19.6 Å². The molecule has 1 aromatic rings. The quantitative estimate of drug-likeness (QED) is 0.836. The number of halogens is 3. The minimum Gasteiger partial charge on any atom is -0.356 e. The molecule has 0 radical (unpaired) electrons. The maximum absolute atomic E-state index is 12.4. The molecule has 0 aromatic heterocycles. The van der Waals surface area contributed by atoms with Gasteiger partial charge in [0.1, 0.15) is 0 Å². The summed E-state index contributed by atoms with van der Waals surface area (Å²) in [5.41, 5.74) is 1.20. The molecule has 0 aliphatic carbocycles. The molecular formula is C17H21F3N2O2. The minimum absolute atomic E-state index is 0.0273. The largest absolute Gasteiger partial charge is 0.471 e. The molecular weight excluding hydrogens is 321 g/mol. The molecule has 1 heterocycles. The molecule has 4 nitrogen and oxygen atoms in total. The standard InChI is InChI=1S/C17H21F3N2O2/c18-17(19,20)16(24)22-11-8-14(9-12-22)15(23)21-10-4-7-13-5-2-1-3-6-13/h1-3,5-6,14H,4,7-12H2,(H,21,23). The first kappa shape index (κ1) is 18.3. The smallest absolute Gasteiger partial charge is 0.356 e. The normalized spacial score (nSPS) is 16.0. The Morgan fingerprint density at radius 2 is 1.75 bits per heavy atom. The molecule has 2 rings (SSSR count). The van der Waals surface area contributed by atoms with Crippen LogP contribution in [-0.2, 0) is 16.0 Å². The number of aryl methyl sites for hydroxylation is 1. The number of benzene rings is 1. The van der Waals surface area contributed by atoms with Crippen molar-refractivity contribution < 1.29 is 22.8 Å². The molecule has 0 atom stereocenters. The van der Waals surface area contributed by atoms with E-state index in [9.17, 15) is 22.8 Å². The number of nitrogens with zero attached hydrogens (tertiary/aromatic N) is 1. The number of carbonyl (C=O) groups excluding carboxylic acids is 2. The zero-order valence-corrected chi connectivity index (χ0v) is 13.3. The second-order valence-corrected chi connectivity index (χ2v) is 5.94. The van der Waals surface area contributed by atoms with Crippen molar-refractivity contribution in [3.05, 3.63) is 35.9 Å². The van der Waals surface area contributed by atoms with Gasteiger partial charge in [-0.1, -0.05) is 30.3 Å². The highest BCUT2D eigenvalue weighted by Crippen LogP contribution is 2.23. The molecule has 0 bridgehead atoms. The highest BCUT2D eigenvalue weighted by Gasteiger charge is 2.43. The Bertz CT molecular complexity index is 553. The highest BCUT2D eigenvalue weighted by atomic mass is 19.4. The van der Waals surface area contributed by atoms with Crippen molar-refractivity contribution in [3.63, 3.8) is 0 Å². The molecule has 1 aliphatic heterocycles. The number of piperidine rings is 1. The van der Waals surface area contributed by atoms with E-state index in [4.69, 9.17) is 0 Å². The molecule has 1 N–H and O–H groups in total. The fourth-order valence-corrected chi connectivity index (χ4v) is 2.82. The summed E-state index contributed by atoms with van der Waals surface area (Å²) in [5, 5.41) is 2.83. The number of carbonyl (C=O) groups is 2. The fourth-order valence-electron chi connectivity index (χ4n) is 2.82. The molecule has 1 fully saturated rings. The van der Waals surface area contributed by atoms with Gasteiger partial charge in [0.15, 0.2) is 0 Å². The summed E-state index contributed by atoms with van der Waals surface area (Å²) in [6.45, 7) is 0.482. The summed E-state index contributed by atoms with van der Waals surface area (Å²) in [6, 6.07) is 9.92. The summed E-state index contributed by atoms with van der Waals surface area (Å²) in [4.78, 5) is 24.0. The summed E-state index contributed by atoms with van der Waals surface area (Å²) >= 11 is 0. The maximum atomic E-state index is 12.4. The van der Waals surface area contributed by atoms with Crippen LogP contribution in [0.25, 0.3) is 0 Å². The molecule has 1 aliphatic rings. The van der Waals surface area contributed by atoms with E-state index in [-0.39, 0.29) is 37.8 Å². The van der Waals surface area contributed by atoms with E-state index < -0.39 is 12.1 Å². The number of hydrogen-bond acceptors (Lipinski definition) is 2. The third-order valence-electron chi connectivity index (χ3n) is 4.18. The van der Waals surface area contributed by atoms with E-state index in [0.29, 0.717) is 6.54 Å². The average molecular weight is 342 g/mol. The molecule has 1 aromatic carbocycles. The van der Waals surface area contributed by atoms with Crippen LogP contribution in [0.15, 0.2) is 30.3 Å². The van der Waals surface area contributed by atoms with Gasteiger partial charge in [0, 0.05) is 25.6 Å². The Morgan fingerprint density at radius 3 is 2.33 bits per heavy atom. The van der Waals surface area contributed by atoms with Crippen LogP contribution >= 0.6 is 0 Å². The lowest BCUT2D eigenvalue weighted by Crippen LogP contribution is -2.47. The van der Waals surface area contributed by atoms with Gasteiger partial charge in [-0.25, -0.2) is 0 Å². The Hall–Kier alpha value is -2.05. The number of likely N-dealkylation sites (tertiary alicyclic amines) is 1. The summed E-state index contributed by atoms with van der Waals surface area (Å²) in [7, 11) is 0. The Labute approximate surface area is 139 Å². The van der Waals surface area contributed by atoms with Gasteiger partial charge in [0.2, 0.25) is 5.91 Å². The first-order valence-electron chi connectivity index (χ1n) is 8.05. The van der Waals surface area contributed by atoms with Crippen LogP contribution in [0.2, 0.25) is 0 Å². The predicted octanol–water partition coefficient (Wildman–Crippen LogP) is 2.54. The van der Waals surface area contributed by atoms with Crippen LogP contribution in [0.3, 0.4) is 0 Å². The zero-order valence-electron chi connectivity index (χ0n) is 13.3. The monoisotopic (exact) mass is 342 g/mol. The van der Waals surface area contributed by atoms with Crippen LogP contribution in [-0.4, -0.2) is 42.5 Å². The van der Waals surface area contributed by atoms with Gasteiger partial charge in [-0.05, 0) is 31.2 Å². The SMILES string of the molecule is O=C(NCCCc1ccccc1)C1CCN(C(=O)C(F)(F)F)CC1. The summed E-state index contributed by atoms with van der Waals surface area (Å²) in [6.07, 6.45) is -2.63. The Kier molecular flexibility index (Phi) is 6.23. The van der Waals surface area contributed by atoms with Gasteiger partial charge >= 0.3 is 12.1 Å². The van der Waals surface area contributed by atoms with Gasteiger partial charge in [0.25, 0.3) is 0 Å². The molecule has 132 valence electrons. The van der Waals surface area contributed by atoms with Crippen molar-refractivity contribution >= 4 is 11.8 Å². The number of alkyl halides is 3. The molecule has 24 heavy (non-hydrogen) atoms. The lowest BCUT2D eigenvalue weighted by Gasteiger charge is -2.31. The number of rotatable bonds is 5. The average Bonchev–Trinajstić information content (AvgIpc) is 2.58. The topological polar surface area (TPSA) is 49.4 Å². The first-order chi connectivity index (χ1) is 11.4. The van der Waals surface area contributed by atoms with E-state index in [1.54, 1.807) is 0 Å². The van der Waals surface area contributed by atoms with Gasteiger partial charge in [-0.15, -0.1) is 0 Å². The lowest BCUT2D eigenvalue weighted by atomic mass is 9.95. The maximum Gasteiger partial charge on any atom is 0.471 e. The van der Waals surface area contributed by atoms with Crippen molar-refractivity contribution in [2.24, 2.45) is 5.92 Å². The molecule has 2 amide bonds. The van der Waals surface area contributed by atoms with Crippen molar-refractivity contribution in [1.82, 2.24) is 10.2 Å². The van der Waals surface area contributed by atoms with Crippen LogP contribution in [0.1, 0.15) is 24.8 Å². The number of nitrogens with one attached hydrogen (secondary N) is 1. The molecule has 1 saturated heterocycles. The minimum atomic E-state index is -4.84. The third kappa shape index (κ3) is 5.25. The molecule has 0 spiro atoms. The summed E-state index contributed by atoms with van der Waals surface area (Å²) < 4.78 is 37.1. The third-order valence-corrected chi connectivity index (χ3v) is 4.18. The van der Waals surface area contributed by atoms with Crippen LogP contribution in [0.5, 0.6) is 0 Å². The van der Waals surface area contributed by atoms with E-state index >= 15 is 0 Å². The van der Waals surface area contributed by atoms with Crippen molar-refractivity contribution in [1.29, 1.82) is 0 Å². The first-order valence-corrected chi connectivity index (χ1v) is 8.05. The van der Waals surface area contributed by atoms with Crippen LogP contribution in [0.4, 0.5) is 13.2 Å². The second-order valence-electron chi connectivity index (χ2n) is 5.94. The molecule has 0 unspecified atom stereocenters. The second kappa shape index (κ2) is 8.17. The van der Waals surface area contributed by atoms with Crippen molar-refractivity contribution in [2.45, 2.75) is 31.9 Å². The fraction of sp³-hybridized carbons (Fsp3) is 0.529. The van der Waals surface area contributed by atoms with Gasteiger partial charge < -0.3 is 10.2 Å². The molecule has 7 heteroatoms. The lowest BCUT2D eigenvalue weighted by molar-refractivity contribution is -0.186. The van der Waals surface area contributed by atoms with Gasteiger partial charge in [0.05, 0.1) is 0 Å². The van der Waals surface area contributed by atoms with E-state index in [2.05, 4.69) is 5.32 Å².